The summed E-state index contributed by atoms with van der Waals surface area (Å²) in [7, 11) is -0.266. The molecular weight excluding hydrogens is 369 g/mol. The summed E-state index contributed by atoms with van der Waals surface area (Å²) in [6, 6.07) is 10.4. The van der Waals surface area contributed by atoms with Gasteiger partial charge in [-0.15, -0.1) is 0 Å². The largest absolute Gasteiger partial charge is 0.377 e. The molecule has 0 N–H and O–H groups in total. The summed E-state index contributed by atoms with van der Waals surface area (Å²) in [5.41, 5.74) is 0.899. The number of hydrogen-bond donors (Lipinski definition) is 0. The highest BCUT2D eigenvalue weighted by atomic mass is 35.6. The van der Waals surface area contributed by atoms with Crippen LogP contribution in [0.4, 0.5) is 5.69 Å². The van der Waals surface area contributed by atoms with Crippen LogP contribution in [0.5, 0.6) is 0 Å². The molecule has 2 rings (SSSR count). The van der Waals surface area contributed by atoms with Gasteiger partial charge in [0.1, 0.15) is 11.5 Å². The highest BCUT2D eigenvalue weighted by Crippen LogP contribution is 2.32. The van der Waals surface area contributed by atoms with Gasteiger partial charge in [-0.25, -0.2) is 0 Å². The predicted molar refractivity (Wildman–Crippen MR) is 91.7 cm³/mol. The fourth-order valence-corrected chi connectivity index (χ4v) is 3.59. The first kappa shape index (κ1) is 17.6. The summed E-state index contributed by atoms with van der Waals surface area (Å²) in [5.74, 6) is 0. The van der Waals surface area contributed by atoms with Gasteiger partial charge in [-0.05, 0) is 12.1 Å². The second-order valence-corrected chi connectivity index (χ2v) is 8.95. The fourth-order valence-electron chi connectivity index (χ4n) is 2.08. The molecule has 0 amide bonds. The van der Waals surface area contributed by atoms with Crippen LogP contribution in [0, 0.1) is 0 Å². The number of benzene rings is 2. The number of nitrogens with zero attached hydrogens (tertiary/aromatic N) is 1. The van der Waals surface area contributed by atoms with Crippen molar-refractivity contribution in [1.29, 1.82) is 0 Å². The first-order valence-corrected chi connectivity index (χ1v) is 8.81. The molecule has 0 aliphatic rings. The average Bonchev–Trinajstić information content (AvgIpc) is 2.43. The number of hydrogen-bond acceptors (Lipinski definition) is 4. The number of rotatable bonds is 4. The molecule has 0 bridgehead atoms. The lowest BCUT2D eigenvalue weighted by atomic mass is 10.1. The van der Waals surface area contributed by atoms with Crippen molar-refractivity contribution in [1.82, 2.24) is 0 Å². The maximum atomic E-state index is 12.4. The van der Waals surface area contributed by atoms with E-state index in [0.717, 1.165) is 11.1 Å². The predicted octanol–water partition coefficient (Wildman–Crippen LogP) is 3.98. The third-order valence-corrected chi connectivity index (χ3v) is 4.64. The highest BCUT2D eigenvalue weighted by molar-refractivity contribution is 7.87. The molecule has 0 spiro atoms. The first-order chi connectivity index (χ1) is 10.1. The highest BCUT2D eigenvalue weighted by Gasteiger charge is 2.26. The van der Waals surface area contributed by atoms with Gasteiger partial charge in [-0.2, -0.15) is 8.42 Å². The normalized spacial score (nSPS) is 12.6. The van der Waals surface area contributed by atoms with Gasteiger partial charge >= 0.3 is 0 Å². The minimum Gasteiger partial charge on any atom is -0.377 e. The summed E-state index contributed by atoms with van der Waals surface area (Å²) < 4.78 is 27.8. The fraction of sp³-hybridized carbons (Fsp3) is 0.286. The van der Waals surface area contributed by atoms with E-state index in [2.05, 4.69) is 0 Å². The molecule has 2 aromatic carbocycles. The zero-order valence-electron chi connectivity index (χ0n) is 11.9. The standard InChI is InChI=1S/C14H14Cl3NO3S/c1-18(2)12-7-3-6-11-10(12)5-4-8-13(11)22(19,20)21-9-14(15,16)17/h3-8H,9H2,1-2H3. The molecule has 0 radical (unpaired) electrons. The summed E-state index contributed by atoms with van der Waals surface area (Å²) >= 11 is 16.6. The van der Waals surface area contributed by atoms with E-state index >= 15 is 0 Å². The van der Waals surface area contributed by atoms with Crippen LogP contribution < -0.4 is 4.90 Å². The summed E-state index contributed by atoms with van der Waals surface area (Å²) in [6.45, 7) is -0.552. The van der Waals surface area contributed by atoms with Crippen LogP contribution in [-0.2, 0) is 14.3 Å². The molecule has 0 aliphatic heterocycles. The van der Waals surface area contributed by atoms with Crippen LogP contribution >= 0.6 is 34.8 Å². The molecule has 0 unspecified atom stereocenters. The van der Waals surface area contributed by atoms with Gasteiger partial charge in [-0.3, -0.25) is 4.18 Å². The Morgan fingerprint density at radius 2 is 1.64 bits per heavy atom. The van der Waals surface area contributed by atoms with Crippen molar-refractivity contribution < 1.29 is 12.6 Å². The molecule has 22 heavy (non-hydrogen) atoms. The Morgan fingerprint density at radius 1 is 1.05 bits per heavy atom. The second-order valence-electron chi connectivity index (χ2n) is 4.85. The van der Waals surface area contributed by atoms with Crippen molar-refractivity contribution in [2.45, 2.75) is 8.69 Å². The van der Waals surface area contributed by atoms with E-state index < -0.39 is 20.5 Å². The van der Waals surface area contributed by atoms with Crippen molar-refractivity contribution in [2.75, 3.05) is 25.6 Å². The van der Waals surface area contributed by atoms with Gasteiger partial charge in [0.2, 0.25) is 3.79 Å². The molecule has 0 fully saturated rings. The third kappa shape index (κ3) is 3.97. The Hall–Kier alpha value is -0.720. The van der Waals surface area contributed by atoms with E-state index in [9.17, 15) is 8.42 Å². The van der Waals surface area contributed by atoms with Gasteiger partial charge in [0.15, 0.2) is 0 Å². The van der Waals surface area contributed by atoms with Crippen molar-refractivity contribution in [3.8, 4) is 0 Å². The minimum absolute atomic E-state index is 0.0444. The van der Waals surface area contributed by atoms with Crippen LogP contribution in [0.3, 0.4) is 0 Å². The zero-order chi connectivity index (χ0) is 16.5. The molecule has 4 nitrogen and oxygen atoms in total. The van der Waals surface area contributed by atoms with Crippen LogP contribution in [0.25, 0.3) is 10.8 Å². The first-order valence-electron chi connectivity index (χ1n) is 6.27. The monoisotopic (exact) mass is 381 g/mol. The van der Waals surface area contributed by atoms with Crippen molar-refractivity contribution in [3.05, 3.63) is 36.4 Å². The average molecular weight is 383 g/mol. The third-order valence-electron chi connectivity index (χ3n) is 2.99. The van der Waals surface area contributed by atoms with E-state index in [0.29, 0.717) is 5.39 Å². The van der Waals surface area contributed by atoms with Gasteiger partial charge in [0, 0.05) is 30.6 Å². The molecular formula is C14H14Cl3NO3S. The van der Waals surface area contributed by atoms with E-state index in [1.54, 1.807) is 18.2 Å². The molecule has 0 aromatic heterocycles. The summed E-state index contributed by atoms with van der Waals surface area (Å²) in [4.78, 5) is 1.95. The molecule has 0 saturated heterocycles. The maximum absolute atomic E-state index is 12.4. The Morgan fingerprint density at radius 3 is 2.23 bits per heavy atom. The Bertz CT molecular complexity index is 786. The van der Waals surface area contributed by atoms with Crippen LogP contribution in [0.2, 0.25) is 0 Å². The summed E-state index contributed by atoms with van der Waals surface area (Å²) in [5, 5.41) is 1.35. The molecule has 0 heterocycles. The van der Waals surface area contributed by atoms with E-state index in [1.807, 2.05) is 31.1 Å². The van der Waals surface area contributed by atoms with Gasteiger partial charge in [0.05, 0.1) is 0 Å². The maximum Gasteiger partial charge on any atom is 0.297 e. The van der Waals surface area contributed by atoms with E-state index in [4.69, 9.17) is 39.0 Å². The molecule has 2 aromatic rings. The number of halogens is 3. The SMILES string of the molecule is CN(C)c1cccc2c(S(=O)(=O)OCC(Cl)(Cl)Cl)cccc12. The summed E-state index contributed by atoms with van der Waals surface area (Å²) in [6.07, 6.45) is 0. The minimum atomic E-state index is -4.03. The molecule has 0 saturated carbocycles. The molecule has 0 aliphatic carbocycles. The van der Waals surface area contributed by atoms with Gasteiger partial charge < -0.3 is 4.90 Å². The lowest BCUT2D eigenvalue weighted by molar-refractivity contribution is 0.326. The van der Waals surface area contributed by atoms with Crippen molar-refractivity contribution >= 4 is 61.4 Å². The van der Waals surface area contributed by atoms with Crippen molar-refractivity contribution in [2.24, 2.45) is 0 Å². The zero-order valence-corrected chi connectivity index (χ0v) is 15.0. The topological polar surface area (TPSA) is 46.6 Å². The Kier molecular flexibility index (Phi) is 5.14. The Balaban J connectivity index is 2.55. The second kappa shape index (κ2) is 6.42. The van der Waals surface area contributed by atoms with E-state index in [-0.39, 0.29) is 4.90 Å². The number of anilines is 1. The molecule has 8 heteroatoms. The smallest absolute Gasteiger partial charge is 0.297 e. The lowest BCUT2D eigenvalue weighted by Crippen LogP contribution is -2.18. The Labute approximate surface area is 144 Å². The van der Waals surface area contributed by atoms with Crippen LogP contribution in [-0.4, -0.2) is 32.9 Å². The quantitative estimate of drug-likeness (QED) is 0.593. The number of fused-ring (bicyclic) bond motifs is 1. The lowest BCUT2D eigenvalue weighted by Gasteiger charge is -2.17. The number of alkyl halides is 3. The van der Waals surface area contributed by atoms with Crippen LogP contribution in [0.1, 0.15) is 0 Å². The van der Waals surface area contributed by atoms with E-state index in [1.165, 1.54) is 6.07 Å². The van der Waals surface area contributed by atoms with Crippen LogP contribution in [0.15, 0.2) is 41.3 Å². The van der Waals surface area contributed by atoms with Gasteiger partial charge in [-0.1, -0.05) is 59.1 Å². The van der Waals surface area contributed by atoms with Gasteiger partial charge in [0.25, 0.3) is 10.1 Å². The molecule has 0 atom stereocenters. The molecule has 120 valence electrons. The van der Waals surface area contributed by atoms with Crippen molar-refractivity contribution in [3.63, 3.8) is 0 Å².